The van der Waals surface area contributed by atoms with Crippen LogP contribution in [0.5, 0.6) is 11.5 Å². The molecule has 0 aromatic heterocycles. The van der Waals surface area contributed by atoms with Gasteiger partial charge < -0.3 is 24.4 Å². The summed E-state index contributed by atoms with van der Waals surface area (Å²) in [6, 6.07) is 1.76. The fraction of sp³-hybridized carbons (Fsp3) is 0.524. The van der Waals surface area contributed by atoms with E-state index in [1.807, 2.05) is 0 Å². The van der Waals surface area contributed by atoms with Crippen molar-refractivity contribution >= 4 is 0 Å². The van der Waals surface area contributed by atoms with Crippen molar-refractivity contribution in [3.63, 3.8) is 0 Å². The molecule has 5 nitrogen and oxygen atoms in total. The second kappa shape index (κ2) is 11.7. The third-order valence-electron chi connectivity index (χ3n) is 4.15. The fourth-order valence-electron chi connectivity index (χ4n) is 2.72. The van der Waals surface area contributed by atoms with Gasteiger partial charge in [0.05, 0.1) is 20.3 Å². The van der Waals surface area contributed by atoms with Gasteiger partial charge in [-0.05, 0) is 51.7 Å². The van der Waals surface area contributed by atoms with Crippen molar-refractivity contribution in [1.29, 1.82) is 0 Å². The third-order valence-corrected chi connectivity index (χ3v) is 4.15. The zero-order valence-electron chi connectivity index (χ0n) is 16.6. The molecule has 0 fully saturated rings. The molecule has 1 aromatic rings. The van der Waals surface area contributed by atoms with Crippen LogP contribution in [-0.2, 0) is 24.4 Å². The fourth-order valence-corrected chi connectivity index (χ4v) is 2.72. The van der Waals surface area contributed by atoms with Crippen molar-refractivity contribution in [2.75, 3.05) is 21.0 Å². The molecule has 0 amide bonds. The number of hydrogen-bond donors (Lipinski definition) is 2. The summed E-state index contributed by atoms with van der Waals surface area (Å²) in [4.78, 5) is 0. The van der Waals surface area contributed by atoms with E-state index < -0.39 is 0 Å². The molecule has 1 rings (SSSR count). The van der Waals surface area contributed by atoms with Gasteiger partial charge in [0.2, 0.25) is 0 Å². The minimum Gasteiger partial charge on any atom is -0.496 e. The van der Waals surface area contributed by atoms with Crippen LogP contribution in [0.15, 0.2) is 29.4 Å². The number of methoxy groups -OCH3 is 2. The Morgan fingerprint density at radius 2 is 1.77 bits per heavy atom. The van der Waals surface area contributed by atoms with Crippen LogP contribution in [-0.4, -0.2) is 31.2 Å². The van der Waals surface area contributed by atoms with Gasteiger partial charge >= 0.3 is 0 Å². The Labute approximate surface area is 156 Å². The van der Waals surface area contributed by atoms with Gasteiger partial charge in [-0.25, -0.2) is 0 Å². The molecule has 1 aromatic carbocycles. The Morgan fingerprint density at radius 3 is 2.31 bits per heavy atom. The van der Waals surface area contributed by atoms with E-state index in [4.69, 9.17) is 14.2 Å². The highest BCUT2D eigenvalue weighted by atomic mass is 16.7. The molecule has 0 aliphatic rings. The number of ether oxygens (including phenoxy) is 3. The van der Waals surface area contributed by atoms with Crippen molar-refractivity contribution < 1.29 is 24.4 Å². The molecular formula is C21H32O5. The zero-order chi connectivity index (χ0) is 19.5. The first-order valence-electron chi connectivity index (χ1n) is 8.82. The zero-order valence-corrected chi connectivity index (χ0v) is 16.6. The van der Waals surface area contributed by atoms with E-state index in [0.717, 1.165) is 18.4 Å². The quantitative estimate of drug-likeness (QED) is 0.460. The third kappa shape index (κ3) is 6.48. The largest absolute Gasteiger partial charge is 0.496 e. The van der Waals surface area contributed by atoms with Crippen LogP contribution >= 0.6 is 0 Å². The van der Waals surface area contributed by atoms with Crippen LogP contribution in [0.4, 0.5) is 0 Å². The number of hydrogen-bond acceptors (Lipinski definition) is 5. The highest BCUT2D eigenvalue weighted by Crippen LogP contribution is 2.36. The van der Waals surface area contributed by atoms with E-state index in [1.165, 1.54) is 11.1 Å². The molecule has 0 atom stereocenters. The van der Waals surface area contributed by atoms with Gasteiger partial charge in [-0.1, -0.05) is 23.3 Å². The van der Waals surface area contributed by atoms with Gasteiger partial charge in [-0.15, -0.1) is 0 Å². The van der Waals surface area contributed by atoms with Crippen molar-refractivity contribution in [3.05, 3.63) is 46.1 Å². The molecule has 146 valence electrons. The van der Waals surface area contributed by atoms with Crippen molar-refractivity contribution in [2.45, 2.75) is 53.2 Å². The van der Waals surface area contributed by atoms with E-state index in [9.17, 15) is 10.2 Å². The summed E-state index contributed by atoms with van der Waals surface area (Å²) in [7, 11) is 3.13. The maximum absolute atomic E-state index is 9.77. The number of benzene rings is 1. The van der Waals surface area contributed by atoms with E-state index >= 15 is 0 Å². The van der Waals surface area contributed by atoms with Gasteiger partial charge in [0.15, 0.2) is 6.79 Å². The van der Waals surface area contributed by atoms with Gasteiger partial charge in [0.25, 0.3) is 0 Å². The summed E-state index contributed by atoms with van der Waals surface area (Å²) >= 11 is 0. The van der Waals surface area contributed by atoms with Crippen LogP contribution in [0.3, 0.4) is 0 Å². The maximum atomic E-state index is 9.77. The first-order valence-corrected chi connectivity index (χ1v) is 8.82. The smallest absolute Gasteiger partial charge is 0.188 e. The molecule has 0 spiro atoms. The summed E-state index contributed by atoms with van der Waals surface area (Å²) in [5, 5.41) is 19.4. The monoisotopic (exact) mass is 364 g/mol. The van der Waals surface area contributed by atoms with Gasteiger partial charge in [0, 0.05) is 18.2 Å². The number of aliphatic hydroxyl groups is 2. The molecular weight excluding hydrogens is 332 g/mol. The summed E-state index contributed by atoms with van der Waals surface area (Å²) in [5.74, 6) is 1.15. The Hall–Kier alpha value is -1.82. The first-order chi connectivity index (χ1) is 12.5. The van der Waals surface area contributed by atoms with Crippen molar-refractivity contribution in [3.8, 4) is 11.5 Å². The van der Waals surface area contributed by atoms with E-state index in [0.29, 0.717) is 29.0 Å². The van der Waals surface area contributed by atoms with Crippen LogP contribution in [0.2, 0.25) is 0 Å². The topological polar surface area (TPSA) is 68.2 Å². The molecule has 0 radical (unpaired) electrons. The number of rotatable bonds is 11. The van der Waals surface area contributed by atoms with E-state index in [2.05, 4.69) is 32.9 Å². The van der Waals surface area contributed by atoms with Crippen LogP contribution in [0.1, 0.15) is 50.3 Å². The Kier molecular flexibility index (Phi) is 10.0. The highest BCUT2D eigenvalue weighted by Gasteiger charge is 2.19. The molecule has 0 unspecified atom stereocenters. The molecule has 0 saturated carbocycles. The lowest BCUT2D eigenvalue weighted by Gasteiger charge is -2.20. The van der Waals surface area contributed by atoms with Crippen LogP contribution in [0, 0.1) is 0 Å². The van der Waals surface area contributed by atoms with Gasteiger partial charge in [-0.2, -0.15) is 0 Å². The minimum absolute atomic E-state index is 0.0568. The second-order valence-corrected chi connectivity index (χ2v) is 6.47. The lowest BCUT2D eigenvalue weighted by Crippen LogP contribution is -2.09. The van der Waals surface area contributed by atoms with Gasteiger partial charge in [-0.3, -0.25) is 0 Å². The Morgan fingerprint density at radius 1 is 1.04 bits per heavy atom. The Balaban J connectivity index is 3.19. The lowest BCUT2D eigenvalue weighted by molar-refractivity contribution is 0.0484. The maximum Gasteiger partial charge on any atom is 0.188 e. The number of aliphatic hydroxyl groups excluding tert-OH is 2. The van der Waals surface area contributed by atoms with Crippen molar-refractivity contribution in [2.24, 2.45) is 0 Å². The molecule has 5 heteroatoms. The summed E-state index contributed by atoms with van der Waals surface area (Å²) in [6.07, 6.45) is 6.99. The molecule has 0 heterocycles. The average molecular weight is 364 g/mol. The molecule has 0 aliphatic heterocycles. The molecule has 0 saturated heterocycles. The summed E-state index contributed by atoms with van der Waals surface area (Å²) < 4.78 is 16.2. The van der Waals surface area contributed by atoms with E-state index in [1.54, 1.807) is 20.3 Å². The summed E-state index contributed by atoms with van der Waals surface area (Å²) in [6.45, 7) is 5.94. The normalized spacial score (nSPS) is 11.4. The average Bonchev–Trinajstić information content (AvgIpc) is 2.63. The van der Waals surface area contributed by atoms with Crippen molar-refractivity contribution in [1.82, 2.24) is 0 Å². The van der Waals surface area contributed by atoms with Crippen LogP contribution < -0.4 is 9.47 Å². The molecule has 0 aliphatic carbocycles. The van der Waals surface area contributed by atoms with Crippen LogP contribution in [0.25, 0.3) is 0 Å². The minimum atomic E-state index is -0.227. The highest BCUT2D eigenvalue weighted by molar-refractivity contribution is 5.55. The van der Waals surface area contributed by atoms with E-state index in [-0.39, 0.29) is 20.0 Å². The lowest BCUT2D eigenvalue weighted by atomic mass is 9.98. The SMILES string of the molecule is COCOc1c(CO)c(CO)cc(OC)c1C/C=C(\C)CCC=C(C)C. The van der Waals surface area contributed by atoms with Gasteiger partial charge in [0.1, 0.15) is 11.5 Å². The predicted molar refractivity (Wildman–Crippen MR) is 103 cm³/mol. The first kappa shape index (κ1) is 22.2. The number of allylic oxidation sites excluding steroid dienone is 4. The second-order valence-electron chi connectivity index (χ2n) is 6.47. The standard InChI is InChI=1S/C21H32O5/c1-15(2)7-6-8-16(3)9-10-18-20(25-5)11-17(12-22)19(13-23)21(18)26-14-24-4/h7,9,11,22-23H,6,8,10,12-14H2,1-5H3/b16-9+. The molecule has 0 bridgehead atoms. The Bertz CT molecular complexity index is 628. The molecule has 26 heavy (non-hydrogen) atoms. The predicted octanol–water partition coefficient (Wildman–Crippen LogP) is 3.90. The molecule has 2 N–H and O–H groups in total. The summed E-state index contributed by atoms with van der Waals surface area (Å²) in [5.41, 5.74) is 4.59.